The molecular weight excluding hydrogens is 1100 g/mol. The van der Waals surface area contributed by atoms with Crippen molar-refractivity contribution in [3.8, 4) is 17.2 Å². The number of ether oxygens (including phenoxy) is 2. The first-order valence-electron chi connectivity index (χ1n) is 32.0. The third kappa shape index (κ3) is 9.26. The predicted octanol–water partition coefficient (Wildman–Crippen LogP) is 8.72. The van der Waals surface area contributed by atoms with E-state index in [9.17, 15) is 40.5 Å². The number of rotatable bonds is 9. The maximum absolute atomic E-state index is 16.0. The molecule has 1 aromatic heterocycles. The highest BCUT2D eigenvalue weighted by atomic mass is 16.6. The van der Waals surface area contributed by atoms with Crippen LogP contribution < -0.4 is 31.8 Å². The number of aromatic hydroxyl groups is 2. The van der Waals surface area contributed by atoms with E-state index in [1.54, 1.807) is 25.1 Å². The van der Waals surface area contributed by atoms with Crippen molar-refractivity contribution in [2.75, 3.05) is 13.2 Å². The minimum Gasteiger partial charge on any atom is -0.508 e. The lowest BCUT2D eigenvalue weighted by Crippen LogP contribution is -2.59. The van der Waals surface area contributed by atoms with E-state index in [0.29, 0.717) is 93.6 Å². The Bertz CT molecular complexity index is 3760. The minimum absolute atomic E-state index is 0.0130. The number of aliphatic hydroxyl groups is 5. The van der Waals surface area contributed by atoms with Crippen molar-refractivity contribution >= 4 is 16.9 Å². The highest BCUT2D eigenvalue weighted by molar-refractivity contribution is 5.93. The molecule has 0 spiro atoms. The summed E-state index contributed by atoms with van der Waals surface area (Å²) in [7, 11) is 0. The van der Waals surface area contributed by atoms with Gasteiger partial charge in [0.2, 0.25) is 0 Å². The van der Waals surface area contributed by atoms with Gasteiger partial charge in [0.1, 0.15) is 64.3 Å². The first kappa shape index (κ1) is 58.0. The molecule has 5 aliphatic heterocycles. The summed E-state index contributed by atoms with van der Waals surface area (Å²) in [6.07, 6.45) is 13.8. The summed E-state index contributed by atoms with van der Waals surface area (Å²) in [4.78, 5) is 30.8. The van der Waals surface area contributed by atoms with Gasteiger partial charge in [-0.15, -0.1) is 0 Å². The van der Waals surface area contributed by atoms with E-state index in [1.165, 1.54) is 5.57 Å². The standard InChI is InChI=1S/C71H84N4O12/c1-6-54(71(84)29-38-23-40(71)22-36-21-37(24-42(79)20-33(2)3)63(81)50-9-7-8-45(38)58(36)50)69(83)86-57-28-52-64(82)61-56(80)27-43(31-76)85-66(61)62-59-49-18-19-73-67(72)60(49)47(15-12-35-11-13-41(78)26-51(35)53(59)32-77)46-17-16-44-39(25-55(46)70(57,5)87-65(52)62)30-74-68-48(44)14-10-34(4)75-68/h6-11,13-14,18,26-27,30,33-34,36-38,40,42,46-47,53,55,57,59,63,68,73-79,81-82,84H,12,15-17,19-25,28-29,31-32,72H2,1-5H3/b54-6+/t34-,36+,37-,38+,40-,42-,46+,47+,53-,55+,57-,59-,63-,68?,70+,71+/m1/s1. The van der Waals surface area contributed by atoms with Crippen LogP contribution in [0.5, 0.6) is 17.2 Å². The second-order valence-corrected chi connectivity index (χ2v) is 27.8. The van der Waals surface area contributed by atoms with Gasteiger partial charge in [-0.25, -0.2) is 4.79 Å². The summed E-state index contributed by atoms with van der Waals surface area (Å²) in [6.45, 7) is 9.36. The number of aliphatic hydroxyl groups excluding tert-OH is 4. The number of aryl methyl sites for hydroxylation is 1. The first-order valence-corrected chi connectivity index (χ1v) is 32.0. The third-order valence-electron chi connectivity index (χ3n) is 22.6. The van der Waals surface area contributed by atoms with E-state index in [2.05, 4.69) is 67.2 Å². The molecule has 0 saturated heterocycles. The molecule has 2 fully saturated rings. The number of hydrogen-bond donors (Lipinski definition) is 11. The van der Waals surface area contributed by atoms with Gasteiger partial charge in [0, 0.05) is 60.2 Å². The van der Waals surface area contributed by atoms with E-state index >= 15 is 4.79 Å². The fraction of sp³-hybridized carbons (Fsp3) is 0.521. The number of dihydropyridines is 2. The Hall–Kier alpha value is -6.66. The SMILES string of the molecule is C/C=C(\C(=O)O[C@@H]1Cc2c3c(c4oc(CO)cc(=O)c4c2O)[C@@H]2C4=CCNC(N)=C4[C@@H](CCc4ccc(O)cc4[C@H]2CO)[C@@H]2CCC4=C5C=C[C@@H](C)NC5NC=C4C[C@@H]2[C@]1(C)O3)[C@]1(O)C[C@@H]2C[C@H]1C[C@@H]1C[C@H](C[C@H](O)CC(C)C)[C@@H](O)c3cccc2c31. The molecule has 0 radical (unpaired) electrons. The normalized spacial score (nSPS) is 34.1. The smallest absolute Gasteiger partial charge is 0.337 e. The molecule has 1 unspecified atom stereocenters. The topological polar surface area (TPSA) is 269 Å². The Morgan fingerprint density at radius 3 is 2.59 bits per heavy atom. The summed E-state index contributed by atoms with van der Waals surface area (Å²) in [5, 5.41) is 94.6. The van der Waals surface area contributed by atoms with Gasteiger partial charge in [-0.3, -0.25) is 10.1 Å². The number of fused-ring (bicyclic) bond motifs is 13. The lowest BCUT2D eigenvalue weighted by molar-refractivity contribution is -0.171. The van der Waals surface area contributed by atoms with Crippen molar-refractivity contribution in [1.29, 1.82) is 0 Å². The zero-order valence-electron chi connectivity index (χ0n) is 50.4. The number of allylic oxidation sites excluding steroid dienone is 5. The molecule has 14 rings (SSSR count). The van der Waals surface area contributed by atoms with Gasteiger partial charge in [0.15, 0.2) is 5.43 Å². The van der Waals surface area contributed by atoms with Gasteiger partial charge in [-0.2, -0.15) is 0 Å². The van der Waals surface area contributed by atoms with Crippen molar-refractivity contribution in [2.24, 2.45) is 41.2 Å². The Morgan fingerprint density at radius 1 is 1.00 bits per heavy atom. The van der Waals surface area contributed by atoms with E-state index in [-0.39, 0.29) is 99.9 Å². The number of nitrogens with two attached hydrogens (primary N) is 1. The minimum atomic E-state index is -1.62. The van der Waals surface area contributed by atoms with Gasteiger partial charge in [-0.1, -0.05) is 62.4 Å². The fourth-order valence-corrected chi connectivity index (χ4v) is 18.8. The molecule has 6 heterocycles. The average molecular weight is 1190 g/mol. The van der Waals surface area contributed by atoms with Gasteiger partial charge in [0.25, 0.3) is 0 Å². The number of carbonyl (C=O) groups is 1. The Morgan fingerprint density at radius 2 is 1.80 bits per heavy atom. The largest absolute Gasteiger partial charge is 0.508 e. The molecule has 4 aromatic rings. The van der Waals surface area contributed by atoms with Crippen molar-refractivity contribution in [2.45, 2.75) is 184 Å². The Kier molecular flexibility index (Phi) is 14.6. The number of phenols is 2. The molecule has 0 amide bonds. The van der Waals surface area contributed by atoms with Crippen molar-refractivity contribution in [3.05, 3.63) is 167 Å². The van der Waals surface area contributed by atoms with Crippen LogP contribution in [-0.2, 0) is 29.0 Å². The number of benzene rings is 3. The molecule has 16 nitrogen and oxygen atoms in total. The number of esters is 1. The molecule has 6 bridgehead atoms. The third-order valence-corrected chi connectivity index (χ3v) is 22.6. The quantitative estimate of drug-likeness (QED) is 0.0552. The van der Waals surface area contributed by atoms with E-state index in [1.807, 2.05) is 25.1 Å². The summed E-state index contributed by atoms with van der Waals surface area (Å²) < 4.78 is 21.8. The molecule has 16 atom stereocenters. The maximum atomic E-state index is 16.0. The van der Waals surface area contributed by atoms with Crippen molar-refractivity contribution < 1.29 is 54.4 Å². The Labute approximate surface area is 507 Å². The number of phenolic OH excluding ortho intramolecular Hbond substituents is 2. The number of nitrogens with one attached hydrogen (secondary N) is 3. The van der Waals surface area contributed by atoms with Gasteiger partial charge < -0.3 is 66.0 Å². The second-order valence-electron chi connectivity index (χ2n) is 27.8. The van der Waals surface area contributed by atoms with E-state index in [4.69, 9.17) is 19.6 Å². The predicted molar refractivity (Wildman–Crippen MR) is 328 cm³/mol. The van der Waals surface area contributed by atoms with Crippen LogP contribution in [-0.4, -0.2) is 90.5 Å². The molecule has 12 N–H and O–H groups in total. The highest BCUT2D eigenvalue weighted by Crippen LogP contribution is 2.64. The van der Waals surface area contributed by atoms with Crippen LogP contribution in [0.15, 0.2) is 121 Å². The molecule has 16 heteroatoms. The van der Waals surface area contributed by atoms with Crippen LogP contribution in [0.1, 0.15) is 173 Å². The van der Waals surface area contributed by atoms with Crippen LogP contribution in [0.2, 0.25) is 0 Å². The molecule has 2 saturated carbocycles. The van der Waals surface area contributed by atoms with Crippen LogP contribution in [0, 0.1) is 35.5 Å². The molecule has 87 heavy (non-hydrogen) atoms. The summed E-state index contributed by atoms with van der Waals surface area (Å²) in [5.74, 6) is -3.60. The Balaban J connectivity index is 0.947. The zero-order valence-corrected chi connectivity index (χ0v) is 50.4. The number of carbonyl (C=O) groups excluding carboxylic acids is 1. The monoisotopic (exact) mass is 1180 g/mol. The lowest BCUT2D eigenvalue weighted by atomic mass is 9.61. The lowest BCUT2D eigenvalue weighted by Gasteiger charge is -2.52. The second kappa shape index (κ2) is 21.8. The summed E-state index contributed by atoms with van der Waals surface area (Å²) in [5.41, 5.74) is 14.2. The molecule has 10 aliphatic rings. The molecule has 5 aliphatic carbocycles. The van der Waals surface area contributed by atoms with Crippen molar-refractivity contribution in [3.63, 3.8) is 0 Å². The molecular formula is C71H84N4O12. The highest BCUT2D eigenvalue weighted by Gasteiger charge is 2.60. The summed E-state index contributed by atoms with van der Waals surface area (Å²) in [6, 6.07) is 12.7. The van der Waals surface area contributed by atoms with Crippen LogP contribution >= 0.6 is 0 Å². The van der Waals surface area contributed by atoms with E-state index < -0.39 is 77.6 Å². The van der Waals surface area contributed by atoms with Gasteiger partial charge >= 0.3 is 5.97 Å². The van der Waals surface area contributed by atoms with Gasteiger partial charge in [-0.05, 0) is 201 Å². The van der Waals surface area contributed by atoms with Crippen LogP contribution in [0.3, 0.4) is 0 Å². The summed E-state index contributed by atoms with van der Waals surface area (Å²) >= 11 is 0. The van der Waals surface area contributed by atoms with E-state index in [0.717, 1.165) is 50.6 Å². The first-order chi connectivity index (χ1) is 41.8. The van der Waals surface area contributed by atoms with Crippen LogP contribution in [0.25, 0.3) is 11.0 Å². The average Bonchev–Trinajstić information content (AvgIpc) is 1.55. The number of hydrogen-bond acceptors (Lipinski definition) is 16. The maximum Gasteiger partial charge on any atom is 0.337 e. The molecule has 3 aromatic carbocycles. The van der Waals surface area contributed by atoms with Crippen molar-refractivity contribution in [1.82, 2.24) is 16.0 Å². The van der Waals surface area contributed by atoms with Crippen LogP contribution in [0.4, 0.5) is 0 Å². The van der Waals surface area contributed by atoms with Gasteiger partial charge in [0.05, 0.1) is 30.0 Å². The molecule has 460 valence electrons. The zero-order chi connectivity index (χ0) is 60.7. The fourth-order valence-electron chi connectivity index (χ4n) is 18.8.